The molecule has 0 fully saturated rings. The van der Waals surface area contributed by atoms with Crippen LogP contribution in [0.4, 0.5) is 0 Å². The lowest BCUT2D eigenvalue weighted by molar-refractivity contribution is -0.143. The molecule has 0 bridgehead atoms. The average molecular weight is 792 g/mol. The number of hydrogen-bond donors (Lipinski definition) is 3. The van der Waals surface area contributed by atoms with Crippen molar-refractivity contribution >= 4 is 11.9 Å². The Morgan fingerprint density at radius 1 is 0.482 bits per heavy atom. The van der Waals surface area contributed by atoms with Gasteiger partial charge in [-0.25, -0.2) is 0 Å². The molecule has 0 aromatic rings. The molecule has 3 N–H and O–H groups in total. The Labute approximate surface area is 349 Å². The highest BCUT2D eigenvalue weighted by Crippen LogP contribution is 2.16. The standard InChI is InChI=1S/C50H97NO5/c1-3-5-7-9-11-13-15-17-19-20-22-26-30-34-38-42-48(53)47(46-52)51-49(54)43-39-35-31-27-24-25-29-33-37-41-45-56-50(55)44-40-36-32-28-23-21-18-16-14-12-10-8-6-4-2/h16,18,47-48,52-53H,3-15,17,19-46H2,1-2H3,(H,51,54)/b18-16-. The van der Waals surface area contributed by atoms with Gasteiger partial charge in [-0.3, -0.25) is 9.59 Å². The van der Waals surface area contributed by atoms with Crippen molar-refractivity contribution in [3.63, 3.8) is 0 Å². The molecule has 0 heterocycles. The van der Waals surface area contributed by atoms with E-state index < -0.39 is 12.1 Å². The zero-order chi connectivity index (χ0) is 40.8. The summed E-state index contributed by atoms with van der Waals surface area (Å²) in [5, 5.41) is 23.2. The lowest BCUT2D eigenvalue weighted by Crippen LogP contribution is -2.45. The lowest BCUT2D eigenvalue weighted by atomic mass is 10.0. The molecule has 0 aromatic carbocycles. The van der Waals surface area contributed by atoms with E-state index in [1.165, 1.54) is 180 Å². The van der Waals surface area contributed by atoms with E-state index in [0.717, 1.165) is 57.8 Å². The van der Waals surface area contributed by atoms with Crippen LogP contribution in [0.25, 0.3) is 0 Å². The van der Waals surface area contributed by atoms with Crippen LogP contribution in [0.3, 0.4) is 0 Å². The fourth-order valence-electron chi connectivity index (χ4n) is 7.69. The monoisotopic (exact) mass is 792 g/mol. The van der Waals surface area contributed by atoms with Crippen LogP contribution in [0.15, 0.2) is 12.2 Å². The lowest BCUT2D eigenvalue weighted by Gasteiger charge is -2.22. The predicted molar refractivity (Wildman–Crippen MR) is 241 cm³/mol. The first kappa shape index (κ1) is 54.6. The molecular weight excluding hydrogens is 695 g/mol. The molecule has 6 heteroatoms. The molecule has 0 aliphatic rings. The number of allylic oxidation sites excluding steroid dienone is 2. The number of ether oxygens (including phenoxy) is 1. The number of esters is 1. The van der Waals surface area contributed by atoms with Crippen molar-refractivity contribution in [3.05, 3.63) is 12.2 Å². The second kappa shape index (κ2) is 46.3. The fraction of sp³-hybridized carbons (Fsp3) is 0.920. The Bertz CT molecular complexity index is 832. The predicted octanol–water partition coefficient (Wildman–Crippen LogP) is 14.6. The van der Waals surface area contributed by atoms with E-state index in [1.807, 2.05) is 0 Å². The summed E-state index contributed by atoms with van der Waals surface area (Å²) < 4.78 is 5.44. The largest absolute Gasteiger partial charge is 0.466 e. The fourth-order valence-corrected chi connectivity index (χ4v) is 7.69. The van der Waals surface area contributed by atoms with Crippen molar-refractivity contribution in [2.24, 2.45) is 0 Å². The third-order valence-corrected chi connectivity index (χ3v) is 11.6. The van der Waals surface area contributed by atoms with Gasteiger partial charge < -0.3 is 20.3 Å². The van der Waals surface area contributed by atoms with E-state index in [2.05, 4.69) is 31.3 Å². The molecule has 2 unspecified atom stereocenters. The third kappa shape index (κ3) is 42.2. The number of aliphatic hydroxyl groups is 2. The van der Waals surface area contributed by atoms with Crippen molar-refractivity contribution in [3.8, 4) is 0 Å². The Balaban J connectivity index is 3.48. The second-order valence-corrected chi connectivity index (χ2v) is 17.1. The van der Waals surface area contributed by atoms with Crippen LogP contribution in [0.5, 0.6) is 0 Å². The summed E-state index contributed by atoms with van der Waals surface area (Å²) in [6.45, 7) is 4.89. The Kier molecular flexibility index (Phi) is 45.1. The molecule has 0 aliphatic heterocycles. The van der Waals surface area contributed by atoms with Crippen LogP contribution in [0.1, 0.15) is 271 Å². The van der Waals surface area contributed by atoms with E-state index in [4.69, 9.17) is 4.74 Å². The summed E-state index contributed by atoms with van der Waals surface area (Å²) in [6.07, 6.45) is 51.7. The number of carbonyl (C=O) groups is 2. The quantitative estimate of drug-likeness (QED) is 0.0324. The summed E-state index contributed by atoms with van der Waals surface area (Å²) in [4.78, 5) is 24.4. The van der Waals surface area contributed by atoms with Gasteiger partial charge >= 0.3 is 5.97 Å². The Hall–Kier alpha value is -1.40. The molecule has 332 valence electrons. The molecule has 0 spiro atoms. The summed E-state index contributed by atoms with van der Waals surface area (Å²) >= 11 is 0. The van der Waals surface area contributed by atoms with Gasteiger partial charge in [0, 0.05) is 12.8 Å². The van der Waals surface area contributed by atoms with Gasteiger partial charge in [0.15, 0.2) is 0 Å². The summed E-state index contributed by atoms with van der Waals surface area (Å²) in [6, 6.07) is -0.557. The van der Waals surface area contributed by atoms with Crippen molar-refractivity contribution in [1.29, 1.82) is 0 Å². The Morgan fingerprint density at radius 3 is 1.27 bits per heavy atom. The molecule has 0 radical (unpaired) electrons. The van der Waals surface area contributed by atoms with Gasteiger partial charge in [0.25, 0.3) is 0 Å². The van der Waals surface area contributed by atoms with Crippen molar-refractivity contribution < 1.29 is 24.5 Å². The molecule has 56 heavy (non-hydrogen) atoms. The maximum atomic E-state index is 12.4. The topological polar surface area (TPSA) is 95.9 Å². The molecule has 2 atom stereocenters. The minimum absolute atomic E-state index is 0.0271. The normalized spacial score (nSPS) is 12.7. The first-order valence-electron chi connectivity index (χ1n) is 24.9. The zero-order valence-electron chi connectivity index (χ0n) is 37.6. The van der Waals surface area contributed by atoms with Gasteiger partial charge in [-0.2, -0.15) is 0 Å². The smallest absolute Gasteiger partial charge is 0.305 e. The molecule has 0 aliphatic carbocycles. The maximum Gasteiger partial charge on any atom is 0.305 e. The van der Waals surface area contributed by atoms with E-state index in [9.17, 15) is 19.8 Å². The number of aliphatic hydroxyl groups excluding tert-OH is 2. The van der Waals surface area contributed by atoms with E-state index in [1.54, 1.807) is 0 Å². The van der Waals surface area contributed by atoms with Gasteiger partial charge in [0.2, 0.25) is 5.91 Å². The van der Waals surface area contributed by atoms with Gasteiger partial charge in [0.05, 0.1) is 25.4 Å². The molecule has 0 rings (SSSR count). The maximum absolute atomic E-state index is 12.4. The third-order valence-electron chi connectivity index (χ3n) is 11.6. The van der Waals surface area contributed by atoms with Crippen LogP contribution in [-0.2, 0) is 14.3 Å². The number of hydrogen-bond acceptors (Lipinski definition) is 5. The molecule has 1 amide bonds. The number of nitrogens with one attached hydrogen (secondary N) is 1. The molecule has 0 saturated carbocycles. The average Bonchev–Trinajstić information content (AvgIpc) is 3.20. The first-order valence-corrected chi connectivity index (χ1v) is 24.9. The van der Waals surface area contributed by atoms with Crippen LogP contribution in [0.2, 0.25) is 0 Å². The molecule has 0 aromatic heterocycles. The number of amides is 1. The number of rotatable bonds is 46. The molecular formula is C50H97NO5. The van der Waals surface area contributed by atoms with E-state index >= 15 is 0 Å². The van der Waals surface area contributed by atoms with Crippen molar-refractivity contribution in [2.45, 2.75) is 283 Å². The van der Waals surface area contributed by atoms with Crippen LogP contribution in [-0.4, -0.2) is 47.4 Å². The van der Waals surface area contributed by atoms with Gasteiger partial charge in [-0.1, -0.05) is 219 Å². The second-order valence-electron chi connectivity index (χ2n) is 17.1. The van der Waals surface area contributed by atoms with Crippen LogP contribution >= 0.6 is 0 Å². The van der Waals surface area contributed by atoms with Crippen LogP contribution in [0, 0.1) is 0 Å². The van der Waals surface area contributed by atoms with Gasteiger partial charge in [0.1, 0.15) is 0 Å². The van der Waals surface area contributed by atoms with Gasteiger partial charge in [-0.05, 0) is 51.4 Å². The molecule has 0 saturated heterocycles. The molecule has 6 nitrogen and oxygen atoms in total. The minimum atomic E-state index is -0.678. The first-order chi connectivity index (χ1) is 27.5. The number of unbranched alkanes of at least 4 members (excludes halogenated alkanes) is 33. The highest BCUT2D eigenvalue weighted by Gasteiger charge is 2.20. The minimum Gasteiger partial charge on any atom is -0.466 e. The van der Waals surface area contributed by atoms with Crippen molar-refractivity contribution in [1.82, 2.24) is 5.32 Å². The Morgan fingerprint density at radius 2 is 0.839 bits per heavy atom. The summed E-state index contributed by atoms with van der Waals surface area (Å²) in [7, 11) is 0. The van der Waals surface area contributed by atoms with E-state index in [0.29, 0.717) is 25.9 Å². The van der Waals surface area contributed by atoms with E-state index in [-0.39, 0.29) is 18.5 Å². The van der Waals surface area contributed by atoms with Crippen LogP contribution < -0.4 is 5.32 Å². The van der Waals surface area contributed by atoms with Gasteiger partial charge in [-0.15, -0.1) is 0 Å². The zero-order valence-corrected chi connectivity index (χ0v) is 37.6. The highest BCUT2D eigenvalue weighted by atomic mass is 16.5. The van der Waals surface area contributed by atoms with Crippen molar-refractivity contribution in [2.75, 3.05) is 13.2 Å². The SMILES string of the molecule is CCCCCCC/C=C\CCCCCCCC(=O)OCCCCCCCCCCCCC(=O)NC(CO)C(O)CCCCCCCCCCCCCCCCC. The summed E-state index contributed by atoms with van der Waals surface area (Å²) in [5.74, 6) is -0.0844. The number of carbonyl (C=O) groups excluding carboxylic acids is 2. The highest BCUT2D eigenvalue weighted by molar-refractivity contribution is 5.76. The summed E-state index contributed by atoms with van der Waals surface area (Å²) in [5.41, 5.74) is 0.